The summed E-state index contributed by atoms with van der Waals surface area (Å²) in [5, 5.41) is 20.6. The van der Waals surface area contributed by atoms with Crippen LogP contribution in [0.15, 0.2) is 60.7 Å². The van der Waals surface area contributed by atoms with Gasteiger partial charge in [0, 0.05) is 12.2 Å². The first-order valence-electron chi connectivity index (χ1n) is 12.4. The summed E-state index contributed by atoms with van der Waals surface area (Å²) in [5.74, 6) is -2.13. The Hall–Kier alpha value is -4.18. The quantitative estimate of drug-likeness (QED) is 0.409. The minimum absolute atomic E-state index is 0.0277. The van der Waals surface area contributed by atoms with Crippen molar-refractivity contribution in [2.75, 3.05) is 18.0 Å². The van der Waals surface area contributed by atoms with Crippen molar-refractivity contribution < 1.29 is 37.8 Å². The number of nitrogens with zero attached hydrogens (tertiary/aromatic N) is 1. The Kier molecular flexibility index (Phi) is 8.06. The molecule has 204 valence electrons. The topological polar surface area (TPSA) is 107 Å². The molecule has 3 N–H and O–H groups in total. The van der Waals surface area contributed by atoms with Gasteiger partial charge in [0.25, 0.3) is 0 Å². The third-order valence-electron chi connectivity index (χ3n) is 6.97. The van der Waals surface area contributed by atoms with E-state index >= 15 is 0 Å². The molecule has 0 aromatic heterocycles. The van der Waals surface area contributed by atoms with Crippen LogP contribution in [0.1, 0.15) is 50.2 Å². The normalized spacial score (nSPS) is 16.3. The van der Waals surface area contributed by atoms with Crippen LogP contribution in [0.4, 0.5) is 18.9 Å². The minimum atomic E-state index is -4.34. The van der Waals surface area contributed by atoms with Crippen LogP contribution < -0.4 is 10.2 Å². The van der Waals surface area contributed by atoms with Gasteiger partial charge in [0.05, 0.1) is 22.7 Å². The molecule has 7 nitrogen and oxygen atoms in total. The number of halogens is 3. The molecule has 2 aliphatic rings. The highest BCUT2D eigenvalue weighted by Crippen LogP contribution is 2.38. The molecule has 0 spiro atoms. The van der Waals surface area contributed by atoms with Crippen molar-refractivity contribution >= 4 is 23.5 Å². The number of hydrogen-bond donors (Lipinski definition) is 3. The molecule has 2 aliphatic heterocycles. The van der Waals surface area contributed by atoms with Gasteiger partial charge in [-0.2, -0.15) is 13.2 Å². The van der Waals surface area contributed by atoms with Crippen LogP contribution in [-0.4, -0.2) is 47.2 Å². The van der Waals surface area contributed by atoms with E-state index < -0.39 is 23.7 Å². The predicted octanol–water partition coefficient (Wildman–Crippen LogP) is 5.40. The third-order valence-corrected chi connectivity index (χ3v) is 6.97. The highest BCUT2D eigenvalue weighted by Gasteiger charge is 2.33. The Bertz CT molecular complexity index is 1360. The second-order valence-electron chi connectivity index (χ2n) is 9.36. The Morgan fingerprint density at radius 1 is 0.923 bits per heavy atom. The Labute approximate surface area is 222 Å². The number of benzene rings is 3. The van der Waals surface area contributed by atoms with Gasteiger partial charge in [0.2, 0.25) is 5.91 Å². The second-order valence-corrected chi connectivity index (χ2v) is 9.36. The van der Waals surface area contributed by atoms with E-state index in [2.05, 4.69) is 5.32 Å². The fourth-order valence-electron chi connectivity index (χ4n) is 4.95. The highest BCUT2D eigenvalue weighted by molar-refractivity contribution is 6.00. The monoisotopic (exact) mass is 540 g/mol. The maximum Gasteiger partial charge on any atom is 0.416 e. The van der Waals surface area contributed by atoms with Gasteiger partial charge in [-0.3, -0.25) is 4.79 Å². The lowest BCUT2D eigenvalue weighted by atomic mass is 9.97. The molecular weight excluding hydrogens is 513 g/mol. The molecule has 3 aromatic carbocycles. The molecule has 0 aliphatic carbocycles. The summed E-state index contributed by atoms with van der Waals surface area (Å²) in [6, 6.07) is 14.9. The maximum absolute atomic E-state index is 12.8. The fraction of sp³-hybridized carbons (Fsp3) is 0.276. The Morgan fingerprint density at radius 2 is 1.54 bits per heavy atom. The van der Waals surface area contributed by atoms with Gasteiger partial charge in [-0.05, 0) is 85.3 Å². The Balaban J connectivity index is 0.000000229. The van der Waals surface area contributed by atoms with E-state index in [4.69, 9.17) is 10.2 Å². The standard InChI is InChI=1S/C20H19F3N2O.C9H8O4/c21-20(22,23)14-8-6-13(7-9-14)15-3-1-5-18-16(15)10-12-25(18)19(26)17-4-2-11-24-17;1-5-6(8(10)11)3-2-4-7(5)9(12)13/h1,3,5-9,17,24H,2,4,10-12H2;2-4H,1H3,(H,10,11)(H,12,13). The zero-order valence-corrected chi connectivity index (χ0v) is 21.1. The molecule has 2 heterocycles. The van der Waals surface area contributed by atoms with E-state index in [9.17, 15) is 27.6 Å². The summed E-state index contributed by atoms with van der Waals surface area (Å²) >= 11 is 0. The number of carbonyl (C=O) groups excluding carboxylic acids is 1. The second kappa shape index (κ2) is 11.3. The van der Waals surface area contributed by atoms with Gasteiger partial charge in [0.1, 0.15) is 0 Å². The first kappa shape index (κ1) is 27.8. The first-order valence-corrected chi connectivity index (χ1v) is 12.4. The number of carboxylic acid groups (broad SMARTS) is 2. The average Bonchev–Trinajstić information content (AvgIpc) is 3.59. The van der Waals surface area contributed by atoms with Crippen molar-refractivity contribution in [3.63, 3.8) is 0 Å². The molecule has 3 aromatic rings. The lowest BCUT2D eigenvalue weighted by Crippen LogP contribution is -2.42. The lowest BCUT2D eigenvalue weighted by Gasteiger charge is -2.21. The van der Waals surface area contributed by atoms with Crippen molar-refractivity contribution in [2.45, 2.75) is 38.4 Å². The first-order chi connectivity index (χ1) is 18.5. The zero-order valence-electron chi connectivity index (χ0n) is 21.1. The summed E-state index contributed by atoms with van der Waals surface area (Å²) < 4.78 is 38.3. The number of amides is 1. The molecule has 0 radical (unpaired) electrons. The van der Waals surface area contributed by atoms with Crippen molar-refractivity contribution in [1.29, 1.82) is 0 Å². The highest BCUT2D eigenvalue weighted by atomic mass is 19.4. The molecule has 5 rings (SSSR count). The maximum atomic E-state index is 12.8. The van der Waals surface area contributed by atoms with Gasteiger partial charge in [-0.25, -0.2) is 9.59 Å². The van der Waals surface area contributed by atoms with Crippen LogP contribution in [-0.2, 0) is 17.4 Å². The van der Waals surface area contributed by atoms with Gasteiger partial charge >= 0.3 is 18.1 Å². The van der Waals surface area contributed by atoms with Crippen LogP contribution in [0.5, 0.6) is 0 Å². The molecule has 1 fully saturated rings. The number of hydrogen-bond acceptors (Lipinski definition) is 4. The zero-order chi connectivity index (χ0) is 28.3. The molecule has 1 amide bonds. The number of carbonyl (C=O) groups is 3. The van der Waals surface area contributed by atoms with Gasteiger partial charge in [-0.1, -0.05) is 30.3 Å². The van der Waals surface area contributed by atoms with Crippen LogP contribution in [0.25, 0.3) is 11.1 Å². The average molecular weight is 541 g/mol. The molecule has 1 saturated heterocycles. The number of fused-ring (bicyclic) bond motifs is 1. The SMILES string of the molecule is Cc1c(C(=O)O)cccc1C(=O)O.O=C(C1CCCN1)N1CCc2c(-c3ccc(C(F)(F)F)cc3)cccc21. The van der Waals surface area contributed by atoms with Crippen molar-refractivity contribution in [3.05, 3.63) is 88.5 Å². The van der Waals surface area contributed by atoms with E-state index in [1.807, 2.05) is 23.1 Å². The largest absolute Gasteiger partial charge is 0.478 e. The summed E-state index contributed by atoms with van der Waals surface area (Å²) in [4.78, 5) is 35.8. The number of rotatable bonds is 4. The van der Waals surface area contributed by atoms with Crippen LogP contribution in [0, 0.1) is 6.92 Å². The van der Waals surface area contributed by atoms with E-state index in [0.29, 0.717) is 13.0 Å². The van der Waals surface area contributed by atoms with Gasteiger partial charge < -0.3 is 20.4 Å². The van der Waals surface area contributed by atoms with Crippen molar-refractivity contribution in [1.82, 2.24) is 5.32 Å². The molecule has 1 unspecified atom stereocenters. The number of carboxylic acids is 2. The van der Waals surface area contributed by atoms with Crippen molar-refractivity contribution in [2.24, 2.45) is 0 Å². The van der Waals surface area contributed by atoms with Crippen LogP contribution in [0.2, 0.25) is 0 Å². The molecular formula is C29H27F3N2O5. The van der Waals surface area contributed by atoms with Gasteiger partial charge in [0.15, 0.2) is 0 Å². The number of alkyl halides is 3. The van der Waals surface area contributed by atoms with Crippen molar-refractivity contribution in [3.8, 4) is 11.1 Å². The number of nitrogens with one attached hydrogen (secondary N) is 1. The van der Waals surface area contributed by atoms with E-state index in [1.54, 1.807) is 0 Å². The van der Waals surface area contributed by atoms with E-state index in [0.717, 1.165) is 53.9 Å². The summed E-state index contributed by atoms with van der Waals surface area (Å²) in [7, 11) is 0. The van der Waals surface area contributed by atoms with E-state index in [1.165, 1.54) is 37.3 Å². The molecule has 10 heteroatoms. The number of aromatic carboxylic acids is 2. The van der Waals surface area contributed by atoms with Crippen LogP contribution >= 0.6 is 0 Å². The summed E-state index contributed by atoms with van der Waals surface area (Å²) in [6.07, 6.45) is -1.77. The van der Waals surface area contributed by atoms with Gasteiger partial charge in [-0.15, -0.1) is 0 Å². The summed E-state index contributed by atoms with van der Waals surface area (Å²) in [6.45, 7) is 2.96. The van der Waals surface area contributed by atoms with Crippen LogP contribution in [0.3, 0.4) is 0 Å². The fourth-order valence-corrected chi connectivity index (χ4v) is 4.95. The smallest absolute Gasteiger partial charge is 0.416 e. The molecule has 39 heavy (non-hydrogen) atoms. The third kappa shape index (κ3) is 5.96. The lowest BCUT2D eigenvalue weighted by molar-refractivity contribution is -0.137. The predicted molar refractivity (Wildman–Crippen MR) is 139 cm³/mol. The Morgan fingerprint density at radius 3 is 2.08 bits per heavy atom. The molecule has 0 bridgehead atoms. The molecule has 0 saturated carbocycles. The molecule has 1 atom stereocenters. The minimum Gasteiger partial charge on any atom is -0.478 e. The summed E-state index contributed by atoms with van der Waals surface area (Å²) in [5.41, 5.74) is 3.22. The van der Waals surface area contributed by atoms with E-state index in [-0.39, 0.29) is 28.6 Å². The number of anilines is 1.